The van der Waals surface area contributed by atoms with Crippen LogP contribution in [0, 0.1) is 11.8 Å². The Labute approximate surface area is 247 Å². The molecule has 3 amide bonds. The van der Waals surface area contributed by atoms with Crippen molar-refractivity contribution in [2.45, 2.75) is 76.3 Å². The molecule has 3 aliphatic heterocycles. The van der Waals surface area contributed by atoms with Crippen LogP contribution in [0.25, 0.3) is 0 Å². The molecule has 10 heteroatoms. The van der Waals surface area contributed by atoms with Gasteiger partial charge in [0.05, 0.1) is 23.0 Å². The molecule has 0 bridgehead atoms. The van der Waals surface area contributed by atoms with E-state index in [1.54, 1.807) is 19.2 Å². The molecule has 1 aliphatic carbocycles. The molecule has 0 radical (unpaired) electrons. The third-order valence-electron chi connectivity index (χ3n) is 10.4. The molecular formula is C32H42N6O4. The molecule has 4 fully saturated rings. The summed E-state index contributed by atoms with van der Waals surface area (Å²) in [5.74, 6) is 0.222. The molecule has 10 nitrogen and oxygen atoms in total. The largest absolute Gasteiger partial charge is 0.371 e. The number of anilines is 2. The maximum Gasteiger partial charge on any atom is 0.255 e. The van der Waals surface area contributed by atoms with E-state index in [0.717, 1.165) is 50.6 Å². The van der Waals surface area contributed by atoms with E-state index >= 15 is 0 Å². The molecule has 0 spiro atoms. The van der Waals surface area contributed by atoms with Gasteiger partial charge < -0.3 is 14.7 Å². The summed E-state index contributed by atoms with van der Waals surface area (Å²) in [5, 5.41) is 7.00. The lowest BCUT2D eigenvalue weighted by Crippen LogP contribution is -2.53. The molecule has 4 aliphatic rings. The fourth-order valence-electron chi connectivity index (χ4n) is 7.36. The van der Waals surface area contributed by atoms with Crippen molar-refractivity contribution in [1.29, 1.82) is 0 Å². The summed E-state index contributed by atoms with van der Waals surface area (Å²) in [7, 11) is 1.56. The van der Waals surface area contributed by atoms with E-state index in [0.29, 0.717) is 23.3 Å². The average Bonchev–Trinajstić information content (AvgIpc) is 3.50. The maximum atomic E-state index is 13.4. The van der Waals surface area contributed by atoms with E-state index in [1.165, 1.54) is 42.7 Å². The molecule has 1 aromatic carbocycles. The number of aromatic nitrogens is 2. The quantitative estimate of drug-likeness (QED) is 0.398. The second kappa shape index (κ2) is 11.5. The Bertz CT molecular complexity index is 1350. The first-order valence-corrected chi connectivity index (χ1v) is 15.5. The summed E-state index contributed by atoms with van der Waals surface area (Å²) < 4.78 is 2.18. The van der Waals surface area contributed by atoms with Crippen molar-refractivity contribution in [3.63, 3.8) is 0 Å². The number of likely N-dealkylation sites (N-methyl/N-ethyl adjacent to an activating group) is 1. The van der Waals surface area contributed by atoms with Crippen LogP contribution < -0.4 is 15.1 Å². The lowest BCUT2D eigenvalue weighted by molar-refractivity contribution is -0.136. The van der Waals surface area contributed by atoms with Crippen molar-refractivity contribution in [3.8, 4) is 0 Å². The Morgan fingerprint density at radius 3 is 2.21 bits per heavy atom. The number of rotatable bonds is 7. The van der Waals surface area contributed by atoms with Crippen LogP contribution in [0.2, 0.25) is 0 Å². The Hall–Kier alpha value is -3.69. The lowest BCUT2D eigenvalue weighted by Gasteiger charge is -2.41. The van der Waals surface area contributed by atoms with Crippen molar-refractivity contribution in [2.75, 3.05) is 43.0 Å². The molecule has 4 heterocycles. The van der Waals surface area contributed by atoms with Crippen molar-refractivity contribution in [2.24, 2.45) is 11.8 Å². The minimum atomic E-state index is -0.734. The molecule has 6 rings (SSSR count). The van der Waals surface area contributed by atoms with Crippen LogP contribution in [0.5, 0.6) is 0 Å². The first kappa shape index (κ1) is 28.4. The van der Waals surface area contributed by atoms with E-state index < -0.39 is 11.9 Å². The first-order chi connectivity index (χ1) is 20.3. The van der Waals surface area contributed by atoms with E-state index in [2.05, 4.69) is 32.9 Å². The van der Waals surface area contributed by atoms with Gasteiger partial charge in [-0.25, -0.2) is 0 Å². The second-order valence-electron chi connectivity index (χ2n) is 12.9. The van der Waals surface area contributed by atoms with Gasteiger partial charge in [-0.1, -0.05) is 0 Å². The van der Waals surface area contributed by atoms with Gasteiger partial charge in [0.15, 0.2) is 6.29 Å². The molecule has 224 valence electrons. The predicted molar refractivity (Wildman–Crippen MR) is 160 cm³/mol. The maximum absolute atomic E-state index is 13.4. The average molecular weight is 575 g/mol. The lowest BCUT2D eigenvalue weighted by atomic mass is 9.78. The molecule has 1 aromatic heterocycles. The van der Waals surface area contributed by atoms with Crippen LogP contribution >= 0.6 is 0 Å². The SMILES string of the molecule is CN(C(=O)c1cc(N2CCC(C3CCN(c4cnn(C5(C)CCC5)c4)CC3)CC2)ccc1C=O)C1CCC(=O)NC1=O. The molecule has 3 saturated heterocycles. The number of hydrogen-bond acceptors (Lipinski definition) is 7. The van der Waals surface area contributed by atoms with Gasteiger partial charge >= 0.3 is 0 Å². The van der Waals surface area contributed by atoms with Gasteiger partial charge in [0.25, 0.3) is 5.91 Å². The number of nitrogens with one attached hydrogen (secondary N) is 1. The highest BCUT2D eigenvalue weighted by Crippen LogP contribution is 2.40. The van der Waals surface area contributed by atoms with Gasteiger partial charge in [-0.05, 0) is 88.3 Å². The summed E-state index contributed by atoms with van der Waals surface area (Å²) >= 11 is 0. The monoisotopic (exact) mass is 574 g/mol. The Kier molecular flexibility index (Phi) is 7.81. The van der Waals surface area contributed by atoms with Crippen LogP contribution in [0.15, 0.2) is 30.6 Å². The minimum absolute atomic E-state index is 0.187. The zero-order valence-electron chi connectivity index (χ0n) is 24.8. The van der Waals surface area contributed by atoms with Gasteiger partial charge in [-0.3, -0.25) is 29.2 Å². The smallest absolute Gasteiger partial charge is 0.255 e. The molecule has 1 saturated carbocycles. The standard InChI is InChI=1S/C32H42N6O4/c1-32(12-3-13-32)38-20-26(19-33-38)37-16-10-23(11-17-37)22-8-14-36(15-9-22)25-5-4-24(21-39)27(18-25)31(42)35(2)28-6-7-29(40)34-30(28)41/h4-5,18-23,28H,3,6-17H2,1-2H3,(H,34,40,41). The summed E-state index contributed by atoms with van der Waals surface area (Å²) in [5.41, 5.74) is 2.97. The predicted octanol–water partition coefficient (Wildman–Crippen LogP) is 3.60. The number of benzene rings is 1. The summed E-state index contributed by atoms with van der Waals surface area (Å²) in [6.45, 7) is 6.28. The Morgan fingerprint density at radius 2 is 1.64 bits per heavy atom. The number of piperidine rings is 3. The Balaban J connectivity index is 1.04. The summed E-state index contributed by atoms with van der Waals surface area (Å²) in [6.07, 6.45) is 13.8. The summed E-state index contributed by atoms with van der Waals surface area (Å²) in [4.78, 5) is 55.3. The minimum Gasteiger partial charge on any atom is -0.371 e. The number of hydrogen-bond donors (Lipinski definition) is 1. The van der Waals surface area contributed by atoms with E-state index in [9.17, 15) is 19.2 Å². The topological polar surface area (TPSA) is 108 Å². The van der Waals surface area contributed by atoms with Crippen LogP contribution in [0.4, 0.5) is 11.4 Å². The van der Waals surface area contributed by atoms with Crippen molar-refractivity contribution in [3.05, 3.63) is 41.7 Å². The van der Waals surface area contributed by atoms with Crippen molar-refractivity contribution < 1.29 is 19.2 Å². The van der Waals surface area contributed by atoms with Crippen molar-refractivity contribution in [1.82, 2.24) is 20.0 Å². The van der Waals surface area contributed by atoms with Crippen LogP contribution in [-0.4, -0.2) is 78.0 Å². The molecule has 1 unspecified atom stereocenters. The summed E-state index contributed by atoms with van der Waals surface area (Å²) in [6, 6.07) is 4.67. The molecule has 1 atom stereocenters. The highest BCUT2D eigenvalue weighted by molar-refractivity contribution is 6.06. The fourth-order valence-corrected chi connectivity index (χ4v) is 7.36. The number of aldehydes is 1. The highest BCUT2D eigenvalue weighted by atomic mass is 16.2. The van der Waals surface area contributed by atoms with Gasteiger partial charge in [0.2, 0.25) is 11.8 Å². The highest BCUT2D eigenvalue weighted by Gasteiger charge is 2.36. The molecular weight excluding hydrogens is 532 g/mol. The van der Waals surface area contributed by atoms with E-state index in [4.69, 9.17) is 5.10 Å². The van der Waals surface area contributed by atoms with E-state index in [-0.39, 0.29) is 30.2 Å². The van der Waals surface area contributed by atoms with Gasteiger partial charge in [0, 0.05) is 57.1 Å². The normalized spacial score (nSPS) is 23.3. The number of amides is 3. The zero-order valence-corrected chi connectivity index (χ0v) is 24.8. The second-order valence-corrected chi connectivity index (χ2v) is 12.9. The number of imide groups is 1. The number of carbonyl (C=O) groups excluding carboxylic acids is 4. The third kappa shape index (κ3) is 5.43. The third-order valence-corrected chi connectivity index (χ3v) is 10.4. The zero-order chi connectivity index (χ0) is 29.4. The van der Waals surface area contributed by atoms with Gasteiger partial charge in [-0.15, -0.1) is 0 Å². The fraction of sp³-hybridized carbons (Fsp3) is 0.594. The van der Waals surface area contributed by atoms with Gasteiger partial charge in [0.1, 0.15) is 6.04 Å². The molecule has 1 N–H and O–H groups in total. The van der Waals surface area contributed by atoms with E-state index in [1.807, 2.05) is 12.3 Å². The molecule has 2 aromatic rings. The first-order valence-electron chi connectivity index (χ1n) is 15.5. The molecule has 42 heavy (non-hydrogen) atoms. The van der Waals surface area contributed by atoms with Crippen LogP contribution in [0.1, 0.15) is 85.4 Å². The number of carbonyl (C=O) groups is 4. The van der Waals surface area contributed by atoms with Gasteiger partial charge in [-0.2, -0.15) is 5.10 Å². The number of nitrogens with zero attached hydrogens (tertiary/aromatic N) is 5. The van der Waals surface area contributed by atoms with Crippen LogP contribution in [-0.2, 0) is 15.1 Å². The van der Waals surface area contributed by atoms with Crippen molar-refractivity contribution >= 4 is 35.4 Å². The van der Waals surface area contributed by atoms with Crippen LogP contribution in [0.3, 0.4) is 0 Å². The Morgan fingerprint density at radius 1 is 1.00 bits per heavy atom.